The van der Waals surface area contributed by atoms with Crippen molar-refractivity contribution in [3.05, 3.63) is 0 Å². The Morgan fingerprint density at radius 2 is 1.57 bits per heavy atom. The van der Waals surface area contributed by atoms with Crippen molar-refractivity contribution in [1.29, 1.82) is 5.41 Å². The van der Waals surface area contributed by atoms with E-state index in [1.54, 1.807) is 21.1 Å². The van der Waals surface area contributed by atoms with Crippen LogP contribution in [0.1, 0.15) is 38.5 Å². The Hall–Kier alpha value is -0.535. The van der Waals surface area contributed by atoms with Gasteiger partial charge in [-0.25, -0.2) is 0 Å². The van der Waals surface area contributed by atoms with E-state index in [9.17, 15) is 10.0 Å². The number of hydrogen-bond donors (Lipinski definition) is 6. The standard InChI is InChI=1S/C13H32B3N4O3/c1-15(21)19-10-4-7-13(18,6-3-9-14-23-12-17)8-5-11-20-16(2)22/h12,17,19-22H,3-11,18H2,1-2H3. The highest BCUT2D eigenvalue weighted by Crippen LogP contribution is 2.23. The summed E-state index contributed by atoms with van der Waals surface area (Å²) in [4.78, 5) is 0. The van der Waals surface area contributed by atoms with Gasteiger partial charge in [0.2, 0.25) is 0 Å². The molecule has 0 spiro atoms. The van der Waals surface area contributed by atoms with Gasteiger partial charge in [-0.15, -0.1) is 0 Å². The molecule has 0 aromatic heterocycles. The molecular weight excluding hydrogens is 293 g/mol. The average molecular weight is 325 g/mol. The molecule has 0 saturated heterocycles. The van der Waals surface area contributed by atoms with Gasteiger partial charge in [0.25, 0.3) is 0 Å². The summed E-state index contributed by atoms with van der Waals surface area (Å²) in [7, 11) is 0.632. The van der Waals surface area contributed by atoms with Crippen LogP contribution in [-0.4, -0.2) is 56.7 Å². The molecule has 0 rings (SSSR count). The van der Waals surface area contributed by atoms with Crippen molar-refractivity contribution < 1.29 is 14.7 Å². The minimum atomic E-state index is -0.495. The lowest BCUT2D eigenvalue weighted by molar-refractivity contribution is 0.319. The molecule has 0 aromatic carbocycles. The van der Waals surface area contributed by atoms with Gasteiger partial charge in [-0.05, 0) is 65.2 Å². The summed E-state index contributed by atoms with van der Waals surface area (Å²) in [5.41, 5.74) is 6.32. The maximum Gasteiger partial charge on any atom is 0.373 e. The zero-order chi connectivity index (χ0) is 17.6. The molecule has 0 aliphatic rings. The van der Waals surface area contributed by atoms with Crippen molar-refractivity contribution in [2.24, 2.45) is 5.73 Å². The van der Waals surface area contributed by atoms with Crippen molar-refractivity contribution in [1.82, 2.24) is 10.5 Å². The molecule has 0 atom stereocenters. The van der Waals surface area contributed by atoms with Crippen LogP contribution in [0.15, 0.2) is 0 Å². The fourth-order valence-electron chi connectivity index (χ4n) is 2.53. The summed E-state index contributed by atoms with van der Waals surface area (Å²) in [5.74, 6) is 0. The van der Waals surface area contributed by atoms with Crippen LogP contribution in [0.4, 0.5) is 0 Å². The molecule has 0 heterocycles. The van der Waals surface area contributed by atoms with E-state index < -0.39 is 14.1 Å². The van der Waals surface area contributed by atoms with Crippen LogP contribution in [0.3, 0.4) is 0 Å². The molecule has 0 bridgehead atoms. The lowest BCUT2D eigenvalue weighted by Gasteiger charge is -2.30. The Labute approximate surface area is 142 Å². The molecule has 0 aliphatic carbocycles. The third kappa shape index (κ3) is 14.8. The average Bonchev–Trinajstić information content (AvgIpc) is 2.48. The van der Waals surface area contributed by atoms with Gasteiger partial charge in [-0.2, -0.15) is 0 Å². The number of hydrogen-bond acceptors (Lipinski definition) is 7. The van der Waals surface area contributed by atoms with Crippen LogP contribution in [0.2, 0.25) is 20.0 Å². The van der Waals surface area contributed by atoms with Gasteiger partial charge < -0.3 is 30.9 Å². The van der Waals surface area contributed by atoms with Gasteiger partial charge in [-0.3, -0.25) is 5.41 Å². The van der Waals surface area contributed by atoms with E-state index in [0.29, 0.717) is 0 Å². The molecule has 23 heavy (non-hydrogen) atoms. The van der Waals surface area contributed by atoms with Crippen LogP contribution in [-0.2, 0) is 4.65 Å². The second kappa shape index (κ2) is 13.9. The quantitative estimate of drug-likeness (QED) is 0.103. The minimum Gasteiger partial charge on any atom is -0.556 e. The van der Waals surface area contributed by atoms with Crippen molar-refractivity contribution in [2.75, 3.05) is 13.1 Å². The lowest BCUT2D eigenvalue weighted by atomic mass is 9.80. The lowest BCUT2D eigenvalue weighted by Crippen LogP contribution is -2.42. The van der Waals surface area contributed by atoms with Crippen LogP contribution in [0.5, 0.6) is 0 Å². The molecule has 7 nitrogen and oxygen atoms in total. The van der Waals surface area contributed by atoms with E-state index in [2.05, 4.69) is 10.5 Å². The first-order chi connectivity index (χ1) is 10.9. The first-order valence-corrected chi connectivity index (χ1v) is 8.47. The molecule has 10 heteroatoms. The normalized spacial score (nSPS) is 11.2. The summed E-state index contributed by atoms with van der Waals surface area (Å²) >= 11 is 0. The third-order valence-corrected chi connectivity index (χ3v) is 3.74. The third-order valence-electron chi connectivity index (χ3n) is 3.74. The molecular formula is C13H32B3N4O3. The number of nitrogens with one attached hydrogen (secondary N) is 3. The second-order valence-corrected chi connectivity index (χ2v) is 6.14. The Morgan fingerprint density at radius 1 is 1.09 bits per heavy atom. The Kier molecular flexibility index (Phi) is 13.5. The first-order valence-electron chi connectivity index (χ1n) is 8.47. The van der Waals surface area contributed by atoms with E-state index >= 15 is 0 Å². The predicted molar refractivity (Wildman–Crippen MR) is 98.7 cm³/mol. The molecule has 0 amide bonds. The Bertz CT molecular complexity index is 284. The summed E-state index contributed by atoms with van der Waals surface area (Å²) < 4.78 is 4.80. The molecule has 131 valence electrons. The number of rotatable bonds is 16. The predicted octanol–water partition coefficient (Wildman–Crippen LogP) is 0.0855. The zero-order valence-electron chi connectivity index (χ0n) is 14.6. The van der Waals surface area contributed by atoms with E-state index in [0.717, 1.165) is 64.3 Å². The molecule has 1 radical (unpaired) electrons. The molecule has 0 aliphatic heterocycles. The van der Waals surface area contributed by atoms with E-state index in [1.807, 2.05) is 0 Å². The SMILES string of the molecule is CB(O)NCCCC(N)(CCC[B]OC=N)CCCNB(C)O. The van der Waals surface area contributed by atoms with E-state index in [1.165, 1.54) is 0 Å². The smallest absolute Gasteiger partial charge is 0.373 e. The van der Waals surface area contributed by atoms with Gasteiger partial charge in [0.1, 0.15) is 6.40 Å². The van der Waals surface area contributed by atoms with E-state index in [-0.39, 0.29) is 5.54 Å². The second-order valence-electron chi connectivity index (χ2n) is 6.14. The Balaban J connectivity index is 4.13. The molecule has 0 unspecified atom stereocenters. The Morgan fingerprint density at radius 3 is 2.00 bits per heavy atom. The van der Waals surface area contributed by atoms with Crippen LogP contribution in [0.25, 0.3) is 0 Å². The van der Waals surface area contributed by atoms with Crippen LogP contribution < -0.4 is 16.2 Å². The highest BCUT2D eigenvalue weighted by molar-refractivity contribution is 6.45. The summed E-state index contributed by atoms with van der Waals surface area (Å²) in [6.07, 6.45) is 7.06. The summed E-state index contributed by atoms with van der Waals surface area (Å²) in [6, 6.07) is 0. The van der Waals surface area contributed by atoms with E-state index in [4.69, 9.17) is 15.8 Å². The van der Waals surface area contributed by atoms with Gasteiger partial charge >= 0.3 is 21.6 Å². The largest absolute Gasteiger partial charge is 0.556 e. The maximum atomic E-state index is 9.22. The topological polar surface area (TPSA) is 124 Å². The van der Waals surface area contributed by atoms with Crippen molar-refractivity contribution in [3.63, 3.8) is 0 Å². The molecule has 0 fully saturated rings. The molecule has 0 aromatic rings. The monoisotopic (exact) mass is 325 g/mol. The summed E-state index contributed by atoms with van der Waals surface area (Å²) in [5, 5.41) is 31.2. The van der Waals surface area contributed by atoms with Crippen molar-refractivity contribution in [2.45, 2.75) is 64.0 Å². The zero-order valence-corrected chi connectivity index (χ0v) is 14.6. The van der Waals surface area contributed by atoms with Crippen LogP contribution >= 0.6 is 0 Å². The molecule has 7 N–H and O–H groups in total. The minimum absolute atomic E-state index is 0.251. The van der Waals surface area contributed by atoms with Crippen molar-refractivity contribution in [3.8, 4) is 0 Å². The molecule has 0 saturated carbocycles. The highest BCUT2D eigenvalue weighted by atomic mass is 16.4. The fraction of sp³-hybridized carbons (Fsp3) is 0.923. The highest BCUT2D eigenvalue weighted by Gasteiger charge is 2.23. The fourth-order valence-corrected chi connectivity index (χ4v) is 2.53. The number of nitrogens with two attached hydrogens (primary N) is 1. The van der Waals surface area contributed by atoms with Gasteiger partial charge in [0.05, 0.1) is 0 Å². The van der Waals surface area contributed by atoms with Gasteiger partial charge in [-0.1, -0.05) is 6.42 Å². The van der Waals surface area contributed by atoms with Gasteiger partial charge in [0, 0.05) is 5.54 Å². The summed E-state index contributed by atoms with van der Waals surface area (Å²) in [6.45, 7) is 4.89. The van der Waals surface area contributed by atoms with Crippen molar-refractivity contribution >= 4 is 28.0 Å². The maximum absolute atomic E-state index is 9.22. The first kappa shape index (κ1) is 22.5. The van der Waals surface area contributed by atoms with Gasteiger partial charge in [0.15, 0.2) is 0 Å². The van der Waals surface area contributed by atoms with Crippen LogP contribution in [0, 0.1) is 5.41 Å².